The lowest BCUT2D eigenvalue weighted by Crippen LogP contribution is -2.41. The maximum Gasteiger partial charge on any atom is 0.222 e. The molecule has 1 amide bonds. The minimum absolute atomic E-state index is 0.287. The topological polar surface area (TPSA) is 44.1 Å². The zero-order valence-corrected chi connectivity index (χ0v) is 19.9. The van der Waals surface area contributed by atoms with Crippen LogP contribution in [0.15, 0.2) is 12.2 Å². The molecule has 0 aromatic carbocycles. The van der Waals surface area contributed by atoms with E-state index < -0.39 is 0 Å². The number of allylic oxidation sites excluding steroid dienone is 2. The number of unbranched alkanes of at least 4 members (excludes halogenated alkanes) is 11. The molecule has 1 aliphatic carbocycles. The molecule has 0 saturated heterocycles. The molecule has 0 heterocycles. The summed E-state index contributed by atoms with van der Waals surface area (Å²) in [6, 6.07) is 2.61. The summed E-state index contributed by atoms with van der Waals surface area (Å²) in [7, 11) is 0. The second kappa shape index (κ2) is 19.7. The van der Waals surface area contributed by atoms with Crippen LogP contribution in [0.25, 0.3) is 0 Å². The zero-order valence-electron chi connectivity index (χ0n) is 19.9. The lowest BCUT2D eigenvalue weighted by Gasteiger charge is -2.34. The number of carbonyl (C=O) groups is 1. The highest BCUT2D eigenvalue weighted by atomic mass is 16.2. The maximum absolute atomic E-state index is 12.7. The van der Waals surface area contributed by atoms with Crippen molar-refractivity contribution in [3.63, 3.8) is 0 Å². The van der Waals surface area contributed by atoms with Gasteiger partial charge in [0.15, 0.2) is 0 Å². The van der Waals surface area contributed by atoms with Gasteiger partial charge in [-0.2, -0.15) is 5.26 Å². The largest absolute Gasteiger partial charge is 0.339 e. The number of hydrogen-bond acceptors (Lipinski definition) is 2. The van der Waals surface area contributed by atoms with E-state index in [4.69, 9.17) is 5.26 Å². The highest BCUT2D eigenvalue weighted by Crippen LogP contribution is 2.24. The van der Waals surface area contributed by atoms with E-state index in [0.29, 0.717) is 25.4 Å². The van der Waals surface area contributed by atoms with E-state index in [2.05, 4.69) is 25.1 Å². The molecule has 3 nitrogen and oxygen atoms in total. The van der Waals surface area contributed by atoms with Crippen LogP contribution in [-0.4, -0.2) is 23.4 Å². The SMILES string of the molecule is CCCCCCCCC=CCCCCCCCC(=O)N(CCC#N)C1CCCCC1. The number of carbonyl (C=O) groups excluding carboxylic acids is 1. The Kier molecular flexibility index (Phi) is 17.5. The van der Waals surface area contributed by atoms with Crippen molar-refractivity contribution in [2.75, 3.05) is 6.54 Å². The Morgan fingerprint density at radius 3 is 2.03 bits per heavy atom. The zero-order chi connectivity index (χ0) is 21.7. The minimum atomic E-state index is 0.287. The van der Waals surface area contributed by atoms with Gasteiger partial charge in [0.25, 0.3) is 0 Å². The highest BCUT2D eigenvalue weighted by Gasteiger charge is 2.24. The molecule has 1 rings (SSSR count). The van der Waals surface area contributed by atoms with Crippen LogP contribution in [0.2, 0.25) is 0 Å². The Morgan fingerprint density at radius 2 is 1.43 bits per heavy atom. The molecule has 0 radical (unpaired) electrons. The van der Waals surface area contributed by atoms with Gasteiger partial charge < -0.3 is 4.90 Å². The first-order valence-corrected chi connectivity index (χ1v) is 13.1. The number of nitriles is 1. The molecule has 0 atom stereocenters. The predicted octanol–water partition coefficient (Wildman–Crippen LogP) is 8.10. The molecule has 0 spiro atoms. The monoisotopic (exact) mass is 416 g/mol. The molecule has 0 bridgehead atoms. The van der Waals surface area contributed by atoms with Crippen molar-refractivity contribution < 1.29 is 4.79 Å². The van der Waals surface area contributed by atoms with Crippen molar-refractivity contribution >= 4 is 5.91 Å². The minimum Gasteiger partial charge on any atom is -0.339 e. The average Bonchev–Trinajstić information content (AvgIpc) is 2.77. The Hall–Kier alpha value is -1.30. The maximum atomic E-state index is 12.7. The molecule has 0 aliphatic heterocycles. The molecule has 30 heavy (non-hydrogen) atoms. The van der Waals surface area contributed by atoms with Crippen molar-refractivity contribution in [2.24, 2.45) is 0 Å². The Balaban J connectivity index is 2.00. The smallest absolute Gasteiger partial charge is 0.222 e. The molecule has 0 N–H and O–H groups in total. The van der Waals surface area contributed by atoms with Crippen molar-refractivity contribution in [2.45, 2.75) is 141 Å². The first-order chi connectivity index (χ1) is 14.8. The fraction of sp³-hybridized carbons (Fsp3) is 0.852. The Morgan fingerprint density at radius 1 is 0.867 bits per heavy atom. The fourth-order valence-corrected chi connectivity index (χ4v) is 4.56. The summed E-state index contributed by atoms with van der Waals surface area (Å²) in [5.41, 5.74) is 0. The van der Waals surface area contributed by atoms with Crippen molar-refractivity contribution in [3.8, 4) is 6.07 Å². The van der Waals surface area contributed by atoms with Crippen LogP contribution < -0.4 is 0 Å². The molecule has 3 heteroatoms. The van der Waals surface area contributed by atoms with E-state index in [9.17, 15) is 4.79 Å². The van der Waals surface area contributed by atoms with Gasteiger partial charge in [-0.15, -0.1) is 0 Å². The average molecular weight is 417 g/mol. The highest BCUT2D eigenvalue weighted by molar-refractivity contribution is 5.76. The second-order valence-corrected chi connectivity index (χ2v) is 9.12. The number of rotatable bonds is 18. The van der Waals surface area contributed by atoms with Crippen LogP contribution in [0.4, 0.5) is 0 Å². The van der Waals surface area contributed by atoms with E-state index in [1.807, 2.05) is 4.90 Å². The van der Waals surface area contributed by atoms with Crippen LogP contribution in [-0.2, 0) is 4.79 Å². The van der Waals surface area contributed by atoms with Gasteiger partial charge >= 0.3 is 0 Å². The van der Waals surface area contributed by atoms with E-state index >= 15 is 0 Å². The predicted molar refractivity (Wildman–Crippen MR) is 128 cm³/mol. The summed E-state index contributed by atoms with van der Waals surface area (Å²) in [6.07, 6.45) is 28.6. The van der Waals surface area contributed by atoms with Gasteiger partial charge in [-0.3, -0.25) is 4.79 Å². The van der Waals surface area contributed by atoms with Crippen molar-refractivity contribution in [1.82, 2.24) is 4.90 Å². The van der Waals surface area contributed by atoms with E-state index in [-0.39, 0.29) is 5.91 Å². The van der Waals surface area contributed by atoms with Crippen LogP contribution in [0.3, 0.4) is 0 Å². The lowest BCUT2D eigenvalue weighted by atomic mass is 9.93. The Bertz CT molecular complexity index is 474. The molecular formula is C27H48N2O. The first kappa shape index (κ1) is 26.7. The summed E-state index contributed by atoms with van der Waals surface area (Å²) in [5.74, 6) is 0.287. The van der Waals surface area contributed by atoms with Gasteiger partial charge in [0, 0.05) is 19.0 Å². The number of amides is 1. The van der Waals surface area contributed by atoms with Crippen LogP contribution in [0.5, 0.6) is 0 Å². The normalized spacial score (nSPS) is 14.8. The van der Waals surface area contributed by atoms with E-state index in [1.165, 1.54) is 89.9 Å². The number of nitrogens with zero attached hydrogens (tertiary/aromatic N) is 2. The van der Waals surface area contributed by atoms with Crippen molar-refractivity contribution in [3.05, 3.63) is 12.2 Å². The summed E-state index contributed by atoms with van der Waals surface area (Å²) >= 11 is 0. The quantitative estimate of drug-likeness (QED) is 0.167. The third-order valence-electron chi connectivity index (χ3n) is 6.45. The molecule has 0 unspecified atom stereocenters. The molecule has 172 valence electrons. The van der Waals surface area contributed by atoms with Gasteiger partial charge in [0.05, 0.1) is 12.5 Å². The van der Waals surface area contributed by atoms with Crippen LogP contribution in [0, 0.1) is 11.3 Å². The van der Waals surface area contributed by atoms with Crippen LogP contribution in [0.1, 0.15) is 135 Å². The standard InChI is InChI=1S/C27H48N2O/c1-2-3-4-5-6-7-8-9-10-11-12-13-14-15-19-23-27(30)29(25-20-24-28)26-21-17-16-18-22-26/h9-10,26H,2-8,11-23,25H2,1H3. The molecular weight excluding hydrogens is 368 g/mol. The summed E-state index contributed by atoms with van der Waals surface area (Å²) < 4.78 is 0. The van der Waals surface area contributed by atoms with Gasteiger partial charge in [0.1, 0.15) is 0 Å². The van der Waals surface area contributed by atoms with Crippen LogP contribution >= 0.6 is 0 Å². The summed E-state index contributed by atoms with van der Waals surface area (Å²) in [5, 5.41) is 8.92. The summed E-state index contributed by atoms with van der Waals surface area (Å²) in [6.45, 7) is 2.90. The molecule has 1 aliphatic rings. The van der Waals surface area contributed by atoms with E-state index in [0.717, 1.165) is 25.7 Å². The molecule has 1 saturated carbocycles. The van der Waals surface area contributed by atoms with Gasteiger partial charge in [0.2, 0.25) is 5.91 Å². The van der Waals surface area contributed by atoms with Crippen molar-refractivity contribution in [1.29, 1.82) is 5.26 Å². The molecule has 0 aromatic rings. The summed E-state index contributed by atoms with van der Waals surface area (Å²) in [4.78, 5) is 14.7. The fourth-order valence-electron chi connectivity index (χ4n) is 4.56. The molecule has 1 fully saturated rings. The Labute approximate surface area is 187 Å². The third kappa shape index (κ3) is 13.8. The number of hydrogen-bond donors (Lipinski definition) is 0. The van der Waals surface area contributed by atoms with E-state index in [1.54, 1.807) is 0 Å². The van der Waals surface area contributed by atoms with Gasteiger partial charge in [-0.1, -0.05) is 89.7 Å². The molecule has 0 aromatic heterocycles. The van der Waals surface area contributed by atoms with Gasteiger partial charge in [-0.05, 0) is 44.9 Å². The lowest BCUT2D eigenvalue weighted by molar-refractivity contribution is -0.134. The first-order valence-electron chi connectivity index (χ1n) is 13.1. The second-order valence-electron chi connectivity index (χ2n) is 9.12. The third-order valence-corrected chi connectivity index (χ3v) is 6.45. The van der Waals surface area contributed by atoms with Gasteiger partial charge in [-0.25, -0.2) is 0 Å².